The van der Waals surface area contributed by atoms with Gasteiger partial charge in [0.2, 0.25) is 0 Å². The molecule has 1 aliphatic heterocycles. The Balaban J connectivity index is 1.35. The van der Waals surface area contributed by atoms with Crippen molar-refractivity contribution in [2.45, 2.75) is 6.42 Å². The molecule has 0 saturated carbocycles. The van der Waals surface area contributed by atoms with E-state index in [4.69, 9.17) is 44.9 Å². The van der Waals surface area contributed by atoms with Crippen molar-refractivity contribution >= 4 is 85.9 Å². The molecule has 1 saturated heterocycles. The van der Waals surface area contributed by atoms with Crippen LogP contribution in [0, 0.1) is 0 Å². The number of hydrogen-bond donors (Lipinski definition) is 1. The van der Waals surface area contributed by atoms with Gasteiger partial charge in [-0.2, -0.15) is 0 Å². The minimum atomic E-state index is -0.362. The van der Waals surface area contributed by atoms with Crippen molar-refractivity contribution in [3.05, 3.63) is 73.5 Å². The van der Waals surface area contributed by atoms with Crippen molar-refractivity contribution in [3.63, 3.8) is 0 Å². The third kappa shape index (κ3) is 6.57. The number of anilines is 1. The molecular weight excluding hydrogens is 561 g/mol. The van der Waals surface area contributed by atoms with Crippen LogP contribution in [0.3, 0.4) is 0 Å². The lowest BCUT2D eigenvalue weighted by Crippen LogP contribution is -2.22. The lowest BCUT2D eigenvalue weighted by molar-refractivity contribution is -0.121. The first-order valence-corrected chi connectivity index (χ1v) is 13.2. The van der Waals surface area contributed by atoms with Crippen LogP contribution >= 0.6 is 58.5 Å². The number of ether oxygens (including phenoxy) is 2. The minimum absolute atomic E-state index is 0.150. The van der Waals surface area contributed by atoms with E-state index in [9.17, 15) is 9.59 Å². The first-order valence-electron chi connectivity index (χ1n) is 10.4. The van der Waals surface area contributed by atoms with Gasteiger partial charge in [0.25, 0.3) is 11.8 Å². The van der Waals surface area contributed by atoms with Gasteiger partial charge in [-0.3, -0.25) is 19.8 Å². The van der Waals surface area contributed by atoms with E-state index in [1.54, 1.807) is 43.6 Å². The van der Waals surface area contributed by atoms with Crippen LogP contribution in [0.5, 0.6) is 11.5 Å². The highest BCUT2D eigenvalue weighted by Gasteiger charge is 2.28. The number of carbonyl (C=O) groups is 2. The third-order valence-corrected chi connectivity index (χ3v) is 7.77. The van der Waals surface area contributed by atoms with Gasteiger partial charge in [-0.25, -0.2) is 4.98 Å². The van der Waals surface area contributed by atoms with Gasteiger partial charge >= 0.3 is 0 Å². The van der Waals surface area contributed by atoms with E-state index in [-0.39, 0.29) is 18.4 Å². The Morgan fingerprint density at radius 3 is 2.61 bits per heavy atom. The van der Waals surface area contributed by atoms with Crippen LogP contribution in [0.4, 0.5) is 5.13 Å². The van der Waals surface area contributed by atoms with Crippen LogP contribution in [-0.2, 0) is 16.0 Å². The number of nitrogens with zero attached hydrogens (tertiary/aromatic N) is 2. The fourth-order valence-electron chi connectivity index (χ4n) is 3.25. The van der Waals surface area contributed by atoms with Gasteiger partial charge in [0.05, 0.1) is 12.0 Å². The Morgan fingerprint density at radius 2 is 1.94 bits per heavy atom. The number of carbonyl (C=O) groups excluding carboxylic acids is 2. The molecule has 0 radical (unpaired) electrons. The monoisotopic (exact) mass is 579 g/mol. The first-order chi connectivity index (χ1) is 17.2. The molecule has 12 heteroatoms. The number of thiocarbonyl (C=S) groups is 1. The zero-order valence-corrected chi connectivity index (χ0v) is 23.0. The molecular formula is C24H19Cl2N3O4S3. The molecule has 0 aliphatic carbocycles. The number of benzene rings is 2. The smallest absolute Gasteiger partial charge is 0.265 e. The summed E-state index contributed by atoms with van der Waals surface area (Å²) < 4.78 is 11.6. The summed E-state index contributed by atoms with van der Waals surface area (Å²) in [6.45, 7) is -0.233. The molecule has 3 aromatic rings. The zero-order chi connectivity index (χ0) is 25.8. The molecule has 1 aliphatic rings. The quantitative estimate of drug-likeness (QED) is 0.263. The van der Waals surface area contributed by atoms with Crippen LogP contribution < -0.4 is 14.8 Å². The Bertz CT molecular complexity index is 1360. The molecule has 7 nitrogen and oxygen atoms in total. The second-order valence-corrected chi connectivity index (χ2v) is 11.2. The second-order valence-electron chi connectivity index (χ2n) is 7.57. The molecule has 1 fully saturated rings. The summed E-state index contributed by atoms with van der Waals surface area (Å²) in [5, 5.41) is 4.33. The Kier molecular flexibility index (Phi) is 8.53. The predicted molar refractivity (Wildman–Crippen MR) is 149 cm³/mol. The van der Waals surface area contributed by atoms with Gasteiger partial charge in [-0.15, -0.1) is 11.3 Å². The van der Waals surface area contributed by atoms with Gasteiger partial charge < -0.3 is 9.47 Å². The van der Waals surface area contributed by atoms with E-state index in [0.29, 0.717) is 42.3 Å². The Hall–Kier alpha value is -2.63. The number of aromatic nitrogens is 1. The average Bonchev–Trinajstić information content (AvgIpc) is 3.36. The van der Waals surface area contributed by atoms with Crippen LogP contribution in [0.2, 0.25) is 10.0 Å². The highest BCUT2D eigenvalue weighted by molar-refractivity contribution is 8.26. The number of halogens is 2. The summed E-state index contributed by atoms with van der Waals surface area (Å²) >= 11 is 19.9. The van der Waals surface area contributed by atoms with Crippen LogP contribution in [-0.4, -0.2) is 46.8 Å². The van der Waals surface area contributed by atoms with Gasteiger partial charge in [-0.1, -0.05) is 53.2 Å². The fourth-order valence-corrected chi connectivity index (χ4v) is 5.86. The average molecular weight is 581 g/mol. The van der Waals surface area contributed by atoms with Crippen molar-refractivity contribution in [3.8, 4) is 11.5 Å². The number of hydrogen-bond acceptors (Lipinski definition) is 8. The van der Waals surface area contributed by atoms with Crippen molar-refractivity contribution in [1.29, 1.82) is 0 Å². The number of rotatable bonds is 8. The van der Waals surface area contributed by atoms with E-state index in [2.05, 4.69) is 10.3 Å². The second kappa shape index (κ2) is 11.6. The highest BCUT2D eigenvalue weighted by atomic mass is 35.5. The molecule has 1 N–H and O–H groups in total. The number of thioether (sulfide) groups is 1. The van der Waals surface area contributed by atoms with Gasteiger partial charge in [0, 0.05) is 34.6 Å². The largest absolute Gasteiger partial charge is 0.493 e. The number of likely N-dealkylation sites (N-methyl/N-ethyl adjacent to an activating group) is 1. The van der Waals surface area contributed by atoms with Gasteiger partial charge in [0.15, 0.2) is 23.2 Å². The summed E-state index contributed by atoms with van der Waals surface area (Å²) in [5.41, 5.74) is 1.70. The predicted octanol–water partition coefficient (Wildman–Crippen LogP) is 5.90. The maximum absolute atomic E-state index is 12.4. The molecule has 0 spiro atoms. The third-order valence-electron chi connectivity index (χ3n) is 4.93. The van der Waals surface area contributed by atoms with Crippen LogP contribution in [0.1, 0.15) is 16.0 Å². The SMILES string of the molecule is COc1cc(/C=C2\SC(=S)N(C)C2=O)ccc1OCC(=O)Nc1ncc(Cc2cc(Cl)cc(Cl)c2)s1. The summed E-state index contributed by atoms with van der Waals surface area (Å²) in [5.74, 6) is 0.313. The topological polar surface area (TPSA) is 80.8 Å². The maximum atomic E-state index is 12.4. The Labute approximate surface area is 231 Å². The van der Waals surface area contributed by atoms with E-state index >= 15 is 0 Å². The van der Waals surface area contributed by atoms with Crippen molar-refractivity contribution in [2.75, 3.05) is 26.1 Å². The molecule has 1 aromatic heterocycles. The molecule has 186 valence electrons. The fraction of sp³-hybridized carbons (Fsp3) is 0.167. The molecule has 2 aromatic carbocycles. The summed E-state index contributed by atoms with van der Waals surface area (Å²) in [4.78, 5) is 31.8. The Morgan fingerprint density at radius 1 is 1.19 bits per heavy atom. The molecule has 2 heterocycles. The summed E-state index contributed by atoms with van der Waals surface area (Å²) in [6.07, 6.45) is 4.03. The molecule has 4 rings (SSSR count). The molecule has 0 atom stereocenters. The zero-order valence-electron chi connectivity index (χ0n) is 19.0. The number of methoxy groups -OCH3 is 1. The van der Waals surface area contributed by atoms with E-state index < -0.39 is 0 Å². The number of nitrogens with one attached hydrogen (secondary N) is 1. The lowest BCUT2D eigenvalue weighted by Gasteiger charge is -2.11. The molecule has 0 unspecified atom stereocenters. The van der Waals surface area contributed by atoms with Crippen molar-refractivity contribution in [1.82, 2.24) is 9.88 Å². The normalized spacial score (nSPS) is 14.4. The first kappa shape index (κ1) is 26.4. The summed E-state index contributed by atoms with van der Waals surface area (Å²) in [6, 6.07) is 10.5. The maximum Gasteiger partial charge on any atom is 0.265 e. The minimum Gasteiger partial charge on any atom is -0.493 e. The highest BCUT2D eigenvalue weighted by Crippen LogP contribution is 2.34. The number of amides is 2. The van der Waals surface area contributed by atoms with Gasteiger partial charge in [-0.05, 0) is 47.5 Å². The number of thiazole rings is 1. The molecule has 2 amide bonds. The standard InChI is InChI=1S/C24H19Cl2N3O4S3/c1-29-22(31)20(36-24(29)34)9-13-3-4-18(19(8-13)32-2)33-12-21(30)28-23-27-11-17(35-23)7-14-5-15(25)10-16(26)6-14/h3-6,8-11H,7,12H2,1-2H3,(H,27,28,30)/b20-9-. The van der Waals surface area contributed by atoms with E-state index in [1.165, 1.54) is 35.1 Å². The summed E-state index contributed by atoms with van der Waals surface area (Å²) in [7, 11) is 3.14. The molecule has 0 bridgehead atoms. The van der Waals surface area contributed by atoms with Crippen molar-refractivity contribution < 1.29 is 19.1 Å². The van der Waals surface area contributed by atoms with Crippen molar-refractivity contribution in [2.24, 2.45) is 0 Å². The van der Waals surface area contributed by atoms with Gasteiger partial charge in [0.1, 0.15) is 4.32 Å². The molecule has 36 heavy (non-hydrogen) atoms. The van der Waals surface area contributed by atoms with E-state index in [1.807, 2.05) is 12.1 Å². The van der Waals surface area contributed by atoms with E-state index in [0.717, 1.165) is 16.0 Å². The van der Waals surface area contributed by atoms with Crippen LogP contribution in [0.25, 0.3) is 6.08 Å². The van der Waals surface area contributed by atoms with Crippen LogP contribution in [0.15, 0.2) is 47.5 Å². The lowest BCUT2D eigenvalue weighted by atomic mass is 10.1.